The molecule has 0 fully saturated rings. The maximum atomic E-state index is 13.1. The normalized spacial score (nSPS) is 11.1. The van der Waals surface area contributed by atoms with Crippen molar-refractivity contribution in [2.24, 2.45) is 0 Å². The van der Waals surface area contributed by atoms with Crippen molar-refractivity contribution in [2.75, 3.05) is 33.1 Å². The quantitative estimate of drug-likeness (QED) is 0.538. The first-order valence-electron chi connectivity index (χ1n) is 9.54. The fraction of sp³-hybridized carbons (Fsp3) is 0.227. The van der Waals surface area contributed by atoms with E-state index in [0.717, 1.165) is 17.0 Å². The third-order valence-electron chi connectivity index (χ3n) is 4.59. The van der Waals surface area contributed by atoms with Gasteiger partial charge in [-0.25, -0.2) is 4.98 Å². The highest BCUT2D eigenvalue weighted by molar-refractivity contribution is 7.13. The van der Waals surface area contributed by atoms with Gasteiger partial charge in [-0.1, -0.05) is 18.2 Å². The summed E-state index contributed by atoms with van der Waals surface area (Å²) in [7, 11) is 4.36. The summed E-state index contributed by atoms with van der Waals surface area (Å²) in [5.41, 5.74) is -0.628. The van der Waals surface area contributed by atoms with Gasteiger partial charge >= 0.3 is 6.18 Å². The van der Waals surface area contributed by atoms with Gasteiger partial charge in [0.25, 0.3) is 5.91 Å². The predicted molar refractivity (Wildman–Crippen MR) is 118 cm³/mol. The number of ether oxygens (including phenoxy) is 2. The Kier molecular flexibility index (Phi) is 7.22. The molecule has 2 amide bonds. The number of hydrogen-bond donors (Lipinski definition) is 1. The minimum Gasteiger partial charge on any atom is -0.493 e. The molecule has 0 saturated carbocycles. The molecule has 1 heterocycles. The molecule has 0 saturated heterocycles. The van der Waals surface area contributed by atoms with Crippen LogP contribution in [0.5, 0.6) is 11.5 Å². The van der Waals surface area contributed by atoms with E-state index in [1.165, 1.54) is 50.1 Å². The highest BCUT2D eigenvalue weighted by atomic mass is 32.1. The van der Waals surface area contributed by atoms with E-state index in [-0.39, 0.29) is 11.4 Å². The Hall–Kier alpha value is -3.60. The largest absolute Gasteiger partial charge is 0.493 e. The van der Waals surface area contributed by atoms with E-state index in [1.54, 1.807) is 18.2 Å². The zero-order chi connectivity index (χ0) is 24.2. The number of benzene rings is 2. The number of rotatable bonds is 7. The highest BCUT2D eigenvalue weighted by Crippen LogP contribution is 2.39. The fourth-order valence-corrected chi connectivity index (χ4v) is 3.88. The average molecular weight is 479 g/mol. The number of amides is 2. The molecule has 0 radical (unpaired) electrons. The average Bonchev–Trinajstić information content (AvgIpc) is 3.27. The molecule has 33 heavy (non-hydrogen) atoms. The number of thiazole rings is 1. The summed E-state index contributed by atoms with van der Waals surface area (Å²) in [6, 6.07) is 9.88. The van der Waals surface area contributed by atoms with Crippen molar-refractivity contribution in [2.45, 2.75) is 6.18 Å². The number of anilines is 1. The van der Waals surface area contributed by atoms with E-state index >= 15 is 0 Å². The molecule has 7 nitrogen and oxygen atoms in total. The van der Waals surface area contributed by atoms with Gasteiger partial charge in [0, 0.05) is 12.4 Å². The fourth-order valence-electron chi connectivity index (χ4n) is 3.06. The van der Waals surface area contributed by atoms with Crippen molar-refractivity contribution in [1.82, 2.24) is 9.88 Å². The van der Waals surface area contributed by atoms with Crippen molar-refractivity contribution in [3.8, 4) is 22.1 Å². The Morgan fingerprint density at radius 2 is 1.82 bits per heavy atom. The highest BCUT2D eigenvalue weighted by Gasteiger charge is 2.33. The molecule has 0 spiro atoms. The number of alkyl halides is 3. The molecule has 0 atom stereocenters. The number of likely N-dealkylation sites (N-methyl/N-ethyl adjacent to an activating group) is 1. The number of halogens is 3. The van der Waals surface area contributed by atoms with Crippen LogP contribution in [0.2, 0.25) is 0 Å². The van der Waals surface area contributed by atoms with Gasteiger partial charge < -0.3 is 19.7 Å². The molecular formula is C22H20F3N3O4S. The Balaban J connectivity index is 1.72. The second-order valence-electron chi connectivity index (χ2n) is 6.83. The molecule has 0 bridgehead atoms. The Bertz CT molecular complexity index is 1160. The van der Waals surface area contributed by atoms with E-state index in [2.05, 4.69) is 10.3 Å². The van der Waals surface area contributed by atoms with Gasteiger partial charge in [-0.2, -0.15) is 13.2 Å². The van der Waals surface area contributed by atoms with Gasteiger partial charge in [-0.05, 0) is 24.3 Å². The lowest BCUT2D eigenvalue weighted by Gasteiger charge is -2.17. The summed E-state index contributed by atoms with van der Waals surface area (Å²) in [4.78, 5) is 30.4. The van der Waals surface area contributed by atoms with E-state index < -0.39 is 30.1 Å². The van der Waals surface area contributed by atoms with Crippen LogP contribution >= 0.6 is 11.3 Å². The van der Waals surface area contributed by atoms with E-state index in [9.17, 15) is 22.8 Å². The number of para-hydroxylation sites is 2. The van der Waals surface area contributed by atoms with Crippen LogP contribution in [0.25, 0.3) is 10.6 Å². The molecule has 3 aromatic rings. The monoisotopic (exact) mass is 479 g/mol. The molecule has 0 unspecified atom stereocenters. The number of methoxy groups -OCH3 is 2. The first kappa shape index (κ1) is 24.1. The minimum absolute atomic E-state index is 0.0888. The number of hydrogen-bond acceptors (Lipinski definition) is 6. The first-order valence-corrected chi connectivity index (χ1v) is 10.4. The van der Waals surface area contributed by atoms with Crippen LogP contribution in [-0.4, -0.2) is 49.5 Å². The maximum Gasteiger partial charge on any atom is 0.418 e. The lowest BCUT2D eigenvalue weighted by atomic mass is 10.1. The van der Waals surface area contributed by atoms with Crippen LogP contribution in [-0.2, 0) is 11.0 Å². The number of carbonyl (C=O) groups excluding carboxylic acids is 2. The first-order chi connectivity index (χ1) is 15.7. The van der Waals surface area contributed by atoms with Gasteiger partial charge in [-0.3, -0.25) is 9.59 Å². The lowest BCUT2D eigenvalue weighted by Crippen LogP contribution is -2.35. The predicted octanol–water partition coefficient (Wildman–Crippen LogP) is 4.56. The van der Waals surface area contributed by atoms with Crippen LogP contribution < -0.4 is 14.8 Å². The SMILES string of the molecule is COc1cccc(-c2nc(C(=O)N(C)CC(=O)Nc3ccccc3C(F)(F)F)cs2)c1OC. The summed E-state index contributed by atoms with van der Waals surface area (Å²) in [5, 5.41) is 4.25. The second-order valence-corrected chi connectivity index (χ2v) is 7.69. The standard InChI is InChI=1S/C22H20F3N3O4S/c1-28(11-18(29)26-15-9-5-4-8-14(15)22(23,24)25)21(30)16-12-33-20(27-16)13-7-6-10-17(31-2)19(13)32-3/h4-10,12H,11H2,1-3H3,(H,26,29). The Morgan fingerprint density at radius 3 is 2.48 bits per heavy atom. The van der Waals surface area contributed by atoms with Crippen molar-refractivity contribution in [3.63, 3.8) is 0 Å². The van der Waals surface area contributed by atoms with Gasteiger partial charge in [0.05, 0.1) is 37.6 Å². The van der Waals surface area contributed by atoms with Crippen molar-refractivity contribution in [1.29, 1.82) is 0 Å². The smallest absolute Gasteiger partial charge is 0.418 e. The molecule has 1 aromatic heterocycles. The number of nitrogens with one attached hydrogen (secondary N) is 1. The van der Waals surface area contributed by atoms with Crippen LogP contribution in [0.4, 0.5) is 18.9 Å². The molecule has 0 aliphatic heterocycles. The Labute approximate surface area is 191 Å². The molecule has 174 valence electrons. The van der Waals surface area contributed by atoms with Gasteiger partial charge in [0.2, 0.25) is 5.91 Å². The van der Waals surface area contributed by atoms with Crippen LogP contribution in [0, 0.1) is 0 Å². The lowest BCUT2D eigenvalue weighted by molar-refractivity contribution is -0.137. The zero-order valence-electron chi connectivity index (χ0n) is 17.9. The third kappa shape index (κ3) is 5.43. The van der Waals surface area contributed by atoms with Crippen molar-refractivity contribution >= 4 is 28.8 Å². The molecule has 1 N–H and O–H groups in total. The summed E-state index contributed by atoms with van der Waals surface area (Å²) >= 11 is 1.20. The summed E-state index contributed by atoms with van der Waals surface area (Å²) < 4.78 is 50.0. The molecule has 2 aromatic carbocycles. The van der Waals surface area contributed by atoms with E-state index in [0.29, 0.717) is 22.1 Å². The van der Waals surface area contributed by atoms with Crippen LogP contribution in [0.3, 0.4) is 0 Å². The van der Waals surface area contributed by atoms with Gasteiger partial charge in [0.15, 0.2) is 11.5 Å². The van der Waals surface area contributed by atoms with Crippen molar-refractivity contribution in [3.05, 3.63) is 59.1 Å². The maximum absolute atomic E-state index is 13.1. The van der Waals surface area contributed by atoms with E-state index in [4.69, 9.17) is 9.47 Å². The summed E-state index contributed by atoms with van der Waals surface area (Å²) in [5.74, 6) is -0.360. The molecule has 0 aliphatic rings. The molecule has 0 aliphatic carbocycles. The van der Waals surface area contributed by atoms with Gasteiger partial charge in [-0.15, -0.1) is 11.3 Å². The third-order valence-corrected chi connectivity index (χ3v) is 5.47. The van der Waals surface area contributed by atoms with Gasteiger partial charge in [0.1, 0.15) is 10.7 Å². The molecule has 3 rings (SSSR count). The Morgan fingerprint density at radius 1 is 1.09 bits per heavy atom. The second kappa shape index (κ2) is 9.90. The summed E-state index contributed by atoms with van der Waals surface area (Å²) in [6.07, 6.45) is -4.62. The number of carbonyl (C=O) groups is 2. The van der Waals surface area contributed by atoms with Crippen LogP contribution in [0.15, 0.2) is 47.8 Å². The van der Waals surface area contributed by atoms with Crippen LogP contribution in [0.1, 0.15) is 16.1 Å². The minimum atomic E-state index is -4.62. The number of aromatic nitrogens is 1. The topological polar surface area (TPSA) is 80.8 Å². The zero-order valence-corrected chi connectivity index (χ0v) is 18.7. The van der Waals surface area contributed by atoms with E-state index in [1.807, 2.05) is 0 Å². The molecular weight excluding hydrogens is 459 g/mol. The molecule has 11 heteroatoms. The number of nitrogens with zero attached hydrogens (tertiary/aromatic N) is 2. The van der Waals surface area contributed by atoms with Crippen molar-refractivity contribution < 1.29 is 32.2 Å². The summed E-state index contributed by atoms with van der Waals surface area (Å²) in [6.45, 7) is -0.458.